The first-order chi connectivity index (χ1) is 15.5. The van der Waals surface area contributed by atoms with Crippen molar-refractivity contribution in [1.29, 1.82) is 0 Å². The fraction of sp³-hybridized carbons (Fsp3) is 0.120. The first-order valence-corrected chi connectivity index (χ1v) is 9.72. The van der Waals surface area contributed by atoms with Crippen molar-refractivity contribution in [2.45, 2.75) is 20.0 Å². The number of carbonyl (C=O) groups is 2. The Morgan fingerprint density at radius 1 is 0.879 bits per heavy atom. The molecule has 0 bridgehead atoms. The van der Waals surface area contributed by atoms with Crippen LogP contribution in [0, 0.1) is 19.7 Å². The smallest absolute Gasteiger partial charge is 0.416 e. The molecule has 0 aromatic heterocycles. The van der Waals surface area contributed by atoms with E-state index in [1.807, 2.05) is 0 Å². The van der Waals surface area contributed by atoms with Crippen molar-refractivity contribution in [2.24, 2.45) is 0 Å². The van der Waals surface area contributed by atoms with Crippen LogP contribution in [0.25, 0.3) is 5.57 Å². The number of aryl methyl sites for hydroxylation is 2. The van der Waals surface area contributed by atoms with Gasteiger partial charge in [0.25, 0.3) is 5.91 Å². The predicted molar refractivity (Wildman–Crippen MR) is 117 cm³/mol. The van der Waals surface area contributed by atoms with Gasteiger partial charge in [-0.25, -0.2) is 9.18 Å². The summed E-state index contributed by atoms with van der Waals surface area (Å²) in [7, 11) is 0. The second-order valence-corrected chi connectivity index (χ2v) is 7.34. The van der Waals surface area contributed by atoms with Crippen LogP contribution < -0.4 is 10.1 Å². The molecular formula is C25H19F4NO3. The third-order valence-corrected chi connectivity index (χ3v) is 4.85. The van der Waals surface area contributed by atoms with E-state index < -0.39 is 29.4 Å². The minimum absolute atomic E-state index is 0.0785. The molecule has 33 heavy (non-hydrogen) atoms. The zero-order valence-corrected chi connectivity index (χ0v) is 17.7. The van der Waals surface area contributed by atoms with Gasteiger partial charge in [0.2, 0.25) is 0 Å². The molecule has 0 unspecified atom stereocenters. The van der Waals surface area contributed by atoms with Crippen LogP contribution in [0.2, 0.25) is 0 Å². The highest BCUT2D eigenvalue weighted by molar-refractivity contribution is 6.05. The molecule has 0 fully saturated rings. The van der Waals surface area contributed by atoms with Crippen LogP contribution in [-0.4, -0.2) is 18.1 Å². The molecule has 3 rings (SSSR count). The van der Waals surface area contributed by atoms with Gasteiger partial charge < -0.3 is 10.1 Å². The average Bonchev–Trinajstić information content (AvgIpc) is 2.75. The number of benzene rings is 3. The van der Waals surface area contributed by atoms with Crippen molar-refractivity contribution in [3.8, 4) is 5.75 Å². The highest BCUT2D eigenvalue weighted by atomic mass is 19.4. The zero-order valence-electron chi connectivity index (χ0n) is 17.7. The van der Waals surface area contributed by atoms with Crippen LogP contribution >= 0.6 is 0 Å². The Balaban J connectivity index is 1.78. The van der Waals surface area contributed by atoms with Gasteiger partial charge in [0, 0.05) is 11.3 Å². The fourth-order valence-corrected chi connectivity index (χ4v) is 3.14. The summed E-state index contributed by atoms with van der Waals surface area (Å²) in [5, 5.41) is 2.69. The first-order valence-electron chi connectivity index (χ1n) is 9.72. The number of alkyl halides is 3. The third kappa shape index (κ3) is 5.65. The van der Waals surface area contributed by atoms with Crippen molar-refractivity contribution < 1.29 is 31.9 Å². The molecule has 0 saturated heterocycles. The van der Waals surface area contributed by atoms with Gasteiger partial charge in [0.05, 0.1) is 11.1 Å². The van der Waals surface area contributed by atoms with Crippen LogP contribution in [0.5, 0.6) is 5.75 Å². The summed E-state index contributed by atoms with van der Waals surface area (Å²) in [6, 6.07) is 13.2. The molecule has 4 nitrogen and oxygen atoms in total. The lowest BCUT2D eigenvalue weighted by atomic mass is 9.99. The third-order valence-electron chi connectivity index (χ3n) is 4.85. The van der Waals surface area contributed by atoms with Gasteiger partial charge in [-0.2, -0.15) is 13.2 Å². The second-order valence-electron chi connectivity index (χ2n) is 7.34. The van der Waals surface area contributed by atoms with E-state index in [9.17, 15) is 27.2 Å². The van der Waals surface area contributed by atoms with E-state index in [1.54, 1.807) is 13.8 Å². The number of hydrogen-bond acceptors (Lipinski definition) is 3. The van der Waals surface area contributed by atoms with E-state index in [2.05, 4.69) is 11.9 Å². The van der Waals surface area contributed by atoms with Crippen molar-refractivity contribution in [1.82, 2.24) is 0 Å². The molecule has 8 heteroatoms. The van der Waals surface area contributed by atoms with Crippen molar-refractivity contribution in [2.75, 3.05) is 5.32 Å². The maximum absolute atomic E-state index is 13.0. The van der Waals surface area contributed by atoms with Gasteiger partial charge in [-0.05, 0) is 85.1 Å². The van der Waals surface area contributed by atoms with Crippen LogP contribution in [0.4, 0.5) is 23.2 Å². The number of rotatable bonds is 5. The quantitative estimate of drug-likeness (QED) is 0.271. The number of nitrogens with one attached hydrogen (secondary N) is 1. The molecule has 0 spiro atoms. The lowest BCUT2D eigenvalue weighted by molar-refractivity contribution is -0.0686. The number of ether oxygens (including phenoxy) is 1. The minimum atomic E-state index is -4.56. The average molecular weight is 457 g/mol. The number of carbonyl (C=O) groups excluding carboxylic acids is 2. The molecule has 1 N–H and O–H groups in total. The van der Waals surface area contributed by atoms with Crippen LogP contribution in [-0.2, 0) is 0 Å². The summed E-state index contributed by atoms with van der Waals surface area (Å²) < 4.78 is 57.2. The molecule has 0 aliphatic heterocycles. The fourth-order valence-electron chi connectivity index (χ4n) is 3.14. The molecule has 0 saturated carbocycles. The van der Waals surface area contributed by atoms with E-state index in [0.29, 0.717) is 16.8 Å². The van der Waals surface area contributed by atoms with Gasteiger partial charge in [-0.3, -0.25) is 4.79 Å². The number of allylic oxidation sites excluding steroid dienone is 1. The number of halogens is 4. The minimum Gasteiger partial charge on any atom is -0.423 e. The number of amides is 1. The van der Waals surface area contributed by atoms with Gasteiger partial charge in [0.15, 0.2) is 0 Å². The number of esters is 1. The molecule has 0 atom stereocenters. The van der Waals surface area contributed by atoms with Gasteiger partial charge in [-0.15, -0.1) is 0 Å². The molecular weight excluding hydrogens is 438 g/mol. The molecule has 3 aromatic carbocycles. The molecule has 3 aromatic rings. The Labute approximate surface area is 187 Å². The van der Waals surface area contributed by atoms with Crippen molar-refractivity contribution >= 4 is 23.1 Å². The highest BCUT2D eigenvalue weighted by Crippen LogP contribution is 2.35. The van der Waals surface area contributed by atoms with Crippen LogP contribution in [0.1, 0.15) is 37.4 Å². The normalized spacial score (nSPS) is 11.1. The molecule has 170 valence electrons. The Kier molecular flexibility index (Phi) is 6.67. The van der Waals surface area contributed by atoms with E-state index in [1.165, 1.54) is 48.5 Å². The Hall–Kier alpha value is -3.94. The molecule has 1 amide bonds. The second kappa shape index (κ2) is 9.28. The van der Waals surface area contributed by atoms with E-state index in [0.717, 1.165) is 12.1 Å². The standard InChI is InChI=1S/C25H19F4NO3/c1-14-11-19(16(3)25(27,28)29)12-15(2)22(14)30-23(31)18-5-4-6-21(13-18)33-24(32)17-7-9-20(26)10-8-17/h4-13H,3H2,1-2H3,(H,30,31). The summed E-state index contributed by atoms with van der Waals surface area (Å²) in [6.45, 7) is 6.26. The molecule has 0 aliphatic rings. The molecule has 0 radical (unpaired) electrons. The largest absolute Gasteiger partial charge is 0.423 e. The Morgan fingerprint density at radius 3 is 2.06 bits per heavy atom. The maximum atomic E-state index is 13.0. The van der Waals surface area contributed by atoms with E-state index in [4.69, 9.17) is 4.74 Å². The Morgan fingerprint density at radius 2 is 1.48 bits per heavy atom. The van der Waals surface area contributed by atoms with E-state index in [-0.39, 0.29) is 22.4 Å². The highest BCUT2D eigenvalue weighted by Gasteiger charge is 2.33. The van der Waals surface area contributed by atoms with Crippen molar-refractivity contribution in [3.05, 3.63) is 101 Å². The monoisotopic (exact) mass is 457 g/mol. The van der Waals surface area contributed by atoms with Gasteiger partial charge in [0.1, 0.15) is 11.6 Å². The first kappa shape index (κ1) is 23.7. The summed E-state index contributed by atoms with van der Waals surface area (Å²) in [5.74, 6) is -1.66. The number of hydrogen-bond donors (Lipinski definition) is 1. The van der Waals surface area contributed by atoms with E-state index >= 15 is 0 Å². The SMILES string of the molecule is C=C(c1cc(C)c(NC(=O)c2cccc(OC(=O)c3ccc(F)cc3)c2)c(C)c1)C(F)(F)F. The molecule has 0 heterocycles. The number of anilines is 1. The molecule has 0 aliphatic carbocycles. The van der Waals surface area contributed by atoms with Crippen molar-refractivity contribution in [3.63, 3.8) is 0 Å². The summed E-state index contributed by atoms with van der Waals surface area (Å²) >= 11 is 0. The Bertz CT molecular complexity index is 1210. The summed E-state index contributed by atoms with van der Waals surface area (Å²) in [5.41, 5.74) is 0.491. The topological polar surface area (TPSA) is 55.4 Å². The lowest BCUT2D eigenvalue weighted by Crippen LogP contribution is -2.15. The zero-order chi connectivity index (χ0) is 24.3. The lowest BCUT2D eigenvalue weighted by Gasteiger charge is -2.16. The van der Waals surface area contributed by atoms with Gasteiger partial charge >= 0.3 is 12.1 Å². The summed E-state index contributed by atoms with van der Waals surface area (Å²) in [6.07, 6.45) is -4.56. The summed E-state index contributed by atoms with van der Waals surface area (Å²) in [4.78, 5) is 25.0. The maximum Gasteiger partial charge on any atom is 0.416 e. The van der Waals surface area contributed by atoms with Crippen LogP contribution in [0.15, 0.2) is 67.2 Å². The predicted octanol–water partition coefficient (Wildman–Crippen LogP) is 6.49. The van der Waals surface area contributed by atoms with Crippen LogP contribution in [0.3, 0.4) is 0 Å². The van der Waals surface area contributed by atoms with Gasteiger partial charge in [-0.1, -0.05) is 12.6 Å².